The summed E-state index contributed by atoms with van der Waals surface area (Å²) in [6.07, 6.45) is 0. The normalized spacial score (nSPS) is 21.0. The lowest BCUT2D eigenvalue weighted by Gasteiger charge is -2.28. The number of hydrogen-bond acceptors (Lipinski definition) is 5. The molecule has 3 aromatic rings. The Labute approximate surface area is 197 Å². The minimum atomic E-state index is -0.653. The molecule has 7 heteroatoms. The number of phenols is 1. The van der Waals surface area contributed by atoms with E-state index >= 15 is 0 Å². The summed E-state index contributed by atoms with van der Waals surface area (Å²) in [6, 6.07) is 25.2. The number of anilines is 2. The van der Waals surface area contributed by atoms with Gasteiger partial charge in [-0.1, -0.05) is 48.5 Å². The molecule has 0 saturated heterocycles. The maximum Gasteiger partial charge on any atom is 0.256 e. The molecule has 2 amide bonds. The molecule has 2 heterocycles. The molecular formula is C27H24N4O3. The molecule has 0 radical (unpaired) electrons. The van der Waals surface area contributed by atoms with Gasteiger partial charge in [0.1, 0.15) is 5.75 Å². The van der Waals surface area contributed by atoms with E-state index in [1.54, 1.807) is 24.3 Å². The number of hydrazone groups is 2. The Bertz CT molecular complexity index is 1210. The van der Waals surface area contributed by atoms with Gasteiger partial charge in [0.2, 0.25) is 0 Å². The summed E-state index contributed by atoms with van der Waals surface area (Å²) in [7, 11) is 0. The minimum absolute atomic E-state index is 0.116. The van der Waals surface area contributed by atoms with Crippen molar-refractivity contribution in [2.75, 3.05) is 10.0 Å². The Morgan fingerprint density at radius 1 is 0.676 bits per heavy atom. The van der Waals surface area contributed by atoms with Crippen molar-refractivity contribution in [3.05, 3.63) is 90.5 Å². The summed E-state index contributed by atoms with van der Waals surface area (Å²) in [4.78, 5) is 27.4. The van der Waals surface area contributed by atoms with Crippen molar-refractivity contribution in [1.29, 1.82) is 0 Å². The van der Waals surface area contributed by atoms with Gasteiger partial charge in [-0.3, -0.25) is 9.59 Å². The number of benzene rings is 3. The van der Waals surface area contributed by atoms with Crippen LogP contribution in [0, 0.1) is 11.8 Å². The average molecular weight is 453 g/mol. The smallest absolute Gasteiger partial charge is 0.256 e. The number of carbonyl (C=O) groups is 2. The van der Waals surface area contributed by atoms with Crippen LogP contribution in [0.4, 0.5) is 11.4 Å². The Hall–Kier alpha value is -4.26. The Balaban J connectivity index is 1.57. The first-order valence-electron chi connectivity index (χ1n) is 11.1. The SMILES string of the molecule is CC1=NN(c2ccccc2)C(=O)C1C(c1ccc(O)cc1)C1C(=O)N(c2ccccc2)N=C1C. The predicted octanol–water partition coefficient (Wildman–Crippen LogP) is 4.55. The monoisotopic (exact) mass is 452 g/mol. The molecule has 0 fully saturated rings. The fourth-order valence-electron chi connectivity index (χ4n) is 4.77. The van der Waals surface area contributed by atoms with Gasteiger partial charge in [0, 0.05) is 17.3 Å². The van der Waals surface area contributed by atoms with Gasteiger partial charge >= 0.3 is 0 Å². The Morgan fingerprint density at radius 2 is 1.09 bits per heavy atom. The van der Waals surface area contributed by atoms with E-state index in [4.69, 9.17) is 0 Å². The number of para-hydroxylation sites is 2. The average Bonchev–Trinajstić information content (AvgIpc) is 3.32. The molecule has 2 atom stereocenters. The van der Waals surface area contributed by atoms with Crippen molar-refractivity contribution in [1.82, 2.24) is 0 Å². The summed E-state index contributed by atoms with van der Waals surface area (Å²) in [5.74, 6) is -2.11. The van der Waals surface area contributed by atoms with Crippen molar-refractivity contribution in [2.45, 2.75) is 19.8 Å². The molecule has 0 saturated carbocycles. The second-order valence-corrected chi connectivity index (χ2v) is 8.53. The zero-order valence-electron chi connectivity index (χ0n) is 18.9. The Kier molecular flexibility index (Phi) is 5.45. The molecule has 2 unspecified atom stereocenters. The molecule has 7 nitrogen and oxygen atoms in total. The fourth-order valence-corrected chi connectivity index (χ4v) is 4.77. The molecular weight excluding hydrogens is 428 g/mol. The second kappa shape index (κ2) is 8.59. The molecule has 3 aromatic carbocycles. The fraction of sp³-hybridized carbons (Fsp3) is 0.185. The third-order valence-electron chi connectivity index (χ3n) is 6.36. The van der Waals surface area contributed by atoms with E-state index in [1.807, 2.05) is 74.5 Å². The lowest BCUT2D eigenvalue weighted by molar-refractivity contribution is -0.122. The lowest BCUT2D eigenvalue weighted by Crippen LogP contribution is -2.40. The minimum Gasteiger partial charge on any atom is -0.508 e. The van der Waals surface area contributed by atoms with E-state index in [-0.39, 0.29) is 17.6 Å². The predicted molar refractivity (Wildman–Crippen MR) is 132 cm³/mol. The van der Waals surface area contributed by atoms with Gasteiger partial charge in [-0.2, -0.15) is 10.2 Å². The molecule has 0 aromatic heterocycles. The number of nitrogens with zero attached hydrogens (tertiary/aromatic N) is 4. The first-order chi connectivity index (χ1) is 16.5. The molecule has 170 valence electrons. The van der Waals surface area contributed by atoms with Crippen LogP contribution in [0.15, 0.2) is 95.1 Å². The van der Waals surface area contributed by atoms with Crippen molar-refractivity contribution in [3.8, 4) is 5.75 Å². The number of phenolic OH excluding ortho intramolecular Hbond substituents is 1. The van der Waals surface area contributed by atoms with Crippen molar-refractivity contribution >= 4 is 34.6 Å². The molecule has 34 heavy (non-hydrogen) atoms. The van der Waals surface area contributed by atoms with Crippen LogP contribution in [0.1, 0.15) is 25.3 Å². The van der Waals surface area contributed by atoms with Crippen LogP contribution in [-0.2, 0) is 9.59 Å². The first kappa shape index (κ1) is 21.6. The van der Waals surface area contributed by atoms with Crippen LogP contribution in [0.5, 0.6) is 5.75 Å². The van der Waals surface area contributed by atoms with Gasteiger partial charge < -0.3 is 5.11 Å². The number of rotatable bonds is 5. The zero-order chi connectivity index (χ0) is 23.8. The maximum atomic E-state index is 13.7. The van der Waals surface area contributed by atoms with Crippen LogP contribution in [0.3, 0.4) is 0 Å². The van der Waals surface area contributed by atoms with E-state index in [1.165, 1.54) is 10.0 Å². The number of amides is 2. The highest BCUT2D eigenvalue weighted by Crippen LogP contribution is 2.42. The molecule has 0 aliphatic carbocycles. The summed E-state index contributed by atoms with van der Waals surface area (Å²) in [6.45, 7) is 3.64. The van der Waals surface area contributed by atoms with Gasteiger partial charge in [0.25, 0.3) is 11.8 Å². The van der Waals surface area contributed by atoms with Crippen LogP contribution < -0.4 is 10.0 Å². The summed E-state index contributed by atoms with van der Waals surface area (Å²) in [5.41, 5.74) is 3.38. The second-order valence-electron chi connectivity index (χ2n) is 8.53. The van der Waals surface area contributed by atoms with Crippen LogP contribution in [0.25, 0.3) is 0 Å². The largest absolute Gasteiger partial charge is 0.508 e. The third kappa shape index (κ3) is 3.65. The van der Waals surface area contributed by atoms with E-state index < -0.39 is 17.8 Å². The standard InChI is InChI=1S/C27H24N4O3/c1-17-23(26(33)30(28-17)20-9-5-3-6-10-20)25(19-13-15-22(32)16-14-19)24-18(2)29-31(27(24)34)21-11-7-4-8-12-21/h3-16,23-25,32H,1-2H3. The summed E-state index contributed by atoms with van der Waals surface area (Å²) in [5, 5.41) is 21.8. The van der Waals surface area contributed by atoms with E-state index in [0.29, 0.717) is 22.8 Å². The van der Waals surface area contributed by atoms with Gasteiger partial charge in [-0.25, -0.2) is 10.0 Å². The van der Waals surface area contributed by atoms with Gasteiger partial charge in [-0.05, 0) is 55.8 Å². The van der Waals surface area contributed by atoms with Crippen molar-refractivity contribution in [2.24, 2.45) is 22.0 Å². The van der Waals surface area contributed by atoms with Crippen molar-refractivity contribution < 1.29 is 14.7 Å². The molecule has 0 bridgehead atoms. The van der Waals surface area contributed by atoms with E-state index in [9.17, 15) is 14.7 Å². The Morgan fingerprint density at radius 3 is 1.50 bits per heavy atom. The number of aromatic hydroxyl groups is 1. The lowest BCUT2D eigenvalue weighted by atomic mass is 9.73. The molecule has 2 aliphatic rings. The van der Waals surface area contributed by atoms with Crippen molar-refractivity contribution in [3.63, 3.8) is 0 Å². The third-order valence-corrected chi connectivity index (χ3v) is 6.36. The van der Waals surface area contributed by atoms with Gasteiger partial charge in [-0.15, -0.1) is 0 Å². The highest BCUT2D eigenvalue weighted by Gasteiger charge is 2.50. The van der Waals surface area contributed by atoms with Crippen LogP contribution >= 0.6 is 0 Å². The highest BCUT2D eigenvalue weighted by atomic mass is 16.3. The molecule has 0 spiro atoms. The summed E-state index contributed by atoms with van der Waals surface area (Å²) >= 11 is 0. The zero-order valence-corrected chi connectivity index (χ0v) is 18.9. The molecule has 1 N–H and O–H groups in total. The number of carbonyl (C=O) groups excluding carboxylic acids is 2. The topological polar surface area (TPSA) is 85.6 Å². The quantitative estimate of drug-likeness (QED) is 0.616. The van der Waals surface area contributed by atoms with E-state index in [2.05, 4.69) is 10.2 Å². The highest BCUT2D eigenvalue weighted by molar-refractivity contribution is 6.19. The molecule has 5 rings (SSSR count). The van der Waals surface area contributed by atoms with Gasteiger partial charge in [0.05, 0.1) is 23.2 Å². The van der Waals surface area contributed by atoms with Gasteiger partial charge in [0.15, 0.2) is 0 Å². The van der Waals surface area contributed by atoms with Crippen LogP contribution in [0.2, 0.25) is 0 Å². The molecule has 2 aliphatic heterocycles. The maximum absolute atomic E-state index is 13.7. The first-order valence-corrected chi connectivity index (χ1v) is 11.1. The van der Waals surface area contributed by atoms with E-state index in [0.717, 1.165) is 5.56 Å². The number of hydrogen-bond donors (Lipinski definition) is 1. The van der Waals surface area contributed by atoms with Crippen LogP contribution in [-0.4, -0.2) is 28.3 Å². The summed E-state index contributed by atoms with van der Waals surface area (Å²) < 4.78 is 0.